The zero-order valence-corrected chi connectivity index (χ0v) is 7.76. The highest BCUT2D eigenvalue weighted by Gasteiger charge is 2.08. The van der Waals surface area contributed by atoms with Crippen LogP contribution in [0.1, 0.15) is 29.7 Å². The second-order valence-corrected chi connectivity index (χ2v) is 3.19. The number of aryl methyl sites for hydroxylation is 1. The van der Waals surface area contributed by atoms with Crippen molar-refractivity contribution in [3.63, 3.8) is 0 Å². The van der Waals surface area contributed by atoms with Gasteiger partial charge in [0.15, 0.2) is 0 Å². The molecule has 0 aliphatic heterocycles. The van der Waals surface area contributed by atoms with Gasteiger partial charge in [-0.05, 0) is 31.9 Å². The van der Waals surface area contributed by atoms with Gasteiger partial charge in [0.1, 0.15) is 0 Å². The van der Waals surface area contributed by atoms with Crippen LogP contribution >= 0.6 is 0 Å². The van der Waals surface area contributed by atoms with Crippen molar-refractivity contribution in [2.24, 2.45) is 0 Å². The molecular weight excluding hydrogens is 150 g/mol. The molecule has 0 fully saturated rings. The van der Waals surface area contributed by atoms with Crippen molar-refractivity contribution in [1.29, 1.82) is 0 Å². The van der Waals surface area contributed by atoms with Crippen LogP contribution in [0.15, 0.2) is 12.1 Å². The van der Waals surface area contributed by atoms with Gasteiger partial charge in [0.05, 0.1) is 6.10 Å². The Morgan fingerprint density at radius 3 is 2.42 bits per heavy atom. The number of anilines is 1. The molecule has 2 nitrogen and oxygen atoms in total. The molecule has 66 valence electrons. The van der Waals surface area contributed by atoms with E-state index in [0.717, 1.165) is 16.7 Å². The summed E-state index contributed by atoms with van der Waals surface area (Å²) in [7, 11) is 0. The van der Waals surface area contributed by atoms with E-state index in [9.17, 15) is 5.11 Å². The normalized spacial score (nSPS) is 13.0. The van der Waals surface area contributed by atoms with Gasteiger partial charge in [0.2, 0.25) is 0 Å². The summed E-state index contributed by atoms with van der Waals surface area (Å²) in [5.41, 5.74) is 9.58. The van der Waals surface area contributed by atoms with Crippen molar-refractivity contribution in [3.05, 3.63) is 28.8 Å². The maximum absolute atomic E-state index is 9.34. The molecule has 0 saturated carbocycles. The molecule has 0 heterocycles. The number of hydrogen-bond acceptors (Lipinski definition) is 2. The van der Waals surface area contributed by atoms with Crippen LogP contribution in [0.25, 0.3) is 0 Å². The van der Waals surface area contributed by atoms with Crippen molar-refractivity contribution in [1.82, 2.24) is 0 Å². The smallest absolute Gasteiger partial charge is 0.0781 e. The fraction of sp³-hybridized carbons (Fsp3) is 0.400. The van der Waals surface area contributed by atoms with E-state index in [1.54, 1.807) is 6.92 Å². The molecule has 0 saturated heterocycles. The fourth-order valence-electron chi connectivity index (χ4n) is 1.22. The van der Waals surface area contributed by atoms with Crippen molar-refractivity contribution < 1.29 is 5.11 Å². The third kappa shape index (κ3) is 1.43. The Morgan fingerprint density at radius 1 is 1.33 bits per heavy atom. The third-order valence-electron chi connectivity index (χ3n) is 2.27. The van der Waals surface area contributed by atoms with Crippen molar-refractivity contribution in [3.8, 4) is 0 Å². The van der Waals surface area contributed by atoms with Gasteiger partial charge in [-0.1, -0.05) is 12.1 Å². The molecule has 0 aliphatic carbocycles. The standard InChI is InChI=1S/C10H15NO/c1-6-4-5-9(8(3)12)10(11)7(6)2/h4-5,8,12H,11H2,1-3H3/t8-/m1/s1. The Labute approximate surface area is 73.0 Å². The van der Waals surface area contributed by atoms with Crippen molar-refractivity contribution in [2.75, 3.05) is 5.73 Å². The summed E-state index contributed by atoms with van der Waals surface area (Å²) in [6.07, 6.45) is -0.482. The number of rotatable bonds is 1. The molecule has 1 aromatic carbocycles. The molecule has 1 rings (SSSR count). The van der Waals surface area contributed by atoms with Crippen LogP contribution in [0.2, 0.25) is 0 Å². The van der Waals surface area contributed by atoms with E-state index in [0.29, 0.717) is 5.69 Å². The number of nitrogen functional groups attached to an aromatic ring is 1. The molecule has 0 aliphatic rings. The number of benzene rings is 1. The van der Waals surface area contributed by atoms with Crippen molar-refractivity contribution in [2.45, 2.75) is 26.9 Å². The number of aliphatic hydroxyl groups is 1. The van der Waals surface area contributed by atoms with Crippen LogP contribution in [0.3, 0.4) is 0 Å². The molecule has 3 N–H and O–H groups in total. The van der Waals surface area contributed by atoms with Crippen LogP contribution in [-0.2, 0) is 0 Å². The number of nitrogens with two attached hydrogens (primary N) is 1. The first-order chi connectivity index (χ1) is 5.54. The first-order valence-corrected chi connectivity index (χ1v) is 4.07. The first-order valence-electron chi connectivity index (χ1n) is 4.07. The third-order valence-corrected chi connectivity index (χ3v) is 2.27. The molecule has 1 aromatic rings. The topological polar surface area (TPSA) is 46.2 Å². The molecule has 1 atom stereocenters. The predicted molar refractivity (Wildman–Crippen MR) is 51.0 cm³/mol. The van der Waals surface area contributed by atoms with Gasteiger partial charge >= 0.3 is 0 Å². The van der Waals surface area contributed by atoms with E-state index in [1.165, 1.54) is 0 Å². The SMILES string of the molecule is Cc1ccc([C@@H](C)O)c(N)c1C. The Hall–Kier alpha value is -1.02. The lowest BCUT2D eigenvalue weighted by Gasteiger charge is -2.12. The van der Waals surface area contributed by atoms with Gasteiger partial charge in [-0.25, -0.2) is 0 Å². The van der Waals surface area contributed by atoms with Crippen molar-refractivity contribution >= 4 is 5.69 Å². The molecule has 0 amide bonds. The monoisotopic (exact) mass is 165 g/mol. The molecule has 12 heavy (non-hydrogen) atoms. The molecule has 0 bridgehead atoms. The minimum absolute atomic E-state index is 0.482. The maximum Gasteiger partial charge on any atom is 0.0781 e. The zero-order chi connectivity index (χ0) is 9.30. The summed E-state index contributed by atoms with van der Waals surface area (Å²) in [6, 6.07) is 3.86. The summed E-state index contributed by atoms with van der Waals surface area (Å²) >= 11 is 0. The highest BCUT2D eigenvalue weighted by Crippen LogP contribution is 2.25. The second-order valence-electron chi connectivity index (χ2n) is 3.19. The minimum atomic E-state index is -0.482. The average Bonchev–Trinajstić information content (AvgIpc) is 2.00. The summed E-state index contributed by atoms with van der Waals surface area (Å²) in [4.78, 5) is 0. The van der Waals surface area contributed by atoms with E-state index in [2.05, 4.69) is 0 Å². The van der Waals surface area contributed by atoms with Gasteiger partial charge in [0.25, 0.3) is 0 Å². The lowest BCUT2D eigenvalue weighted by molar-refractivity contribution is 0.200. The van der Waals surface area contributed by atoms with Crippen LogP contribution in [0, 0.1) is 13.8 Å². The van der Waals surface area contributed by atoms with Gasteiger partial charge < -0.3 is 10.8 Å². The summed E-state index contributed by atoms with van der Waals surface area (Å²) in [5.74, 6) is 0. The van der Waals surface area contributed by atoms with E-state index in [1.807, 2.05) is 26.0 Å². The molecular formula is C10H15NO. The van der Waals surface area contributed by atoms with Gasteiger partial charge in [0, 0.05) is 11.3 Å². The van der Waals surface area contributed by atoms with Crippen LogP contribution in [0.4, 0.5) is 5.69 Å². The van der Waals surface area contributed by atoms with Crippen LogP contribution in [-0.4, -0.2) is 5.11 Å². The van der Waals surface area contributed by atoms with Gasteiger partial charge in [-0.15, -0.1) is 0 Å². The number of hydrogen-bond donors (Lipinski definition) is 2. The fourth-order valence-corrected chi connectivity index (χ4v) is 1.22. The lowest BCUT2D eigenvalue weighted by Crippen LogP contribution is -2.01. The van der Waals surface area contributed by atoms with Crippen LogP contribution < -0.4 is 5.73 Å². The maximum atomic E-state index is 9.34. The predicted octanol–water partition coefficient (Wildman–Crippen LogP) is 1.94. The molecule has 0 unspecified atom stereocenters. The zero-order valence-electron chi connectivity index (χ0n) is 7.76. The minimum Gasteiger partial charge on any atom is -0.398 e. The average molecular weight is 165 g/mol. The van der Waals surface area contributed by atoms with Gasteiger partial charge in [-0.3, -0.25) is 0 Å². The van der Waals surface area contributed by atoms with Crippen LogP contribution in [0.5, 0.6) is 0 Å². The highest BCUT2D eigenvalue weighted by atomic mass is 16.3. The summed E-state index contributed by atoms with van der Waals surface area (Å²) < 4.78 is 0. The first kappa shape index (κ1) is 9.07. The number of aliphatic hydroxyl groups excluding tert-OH is 1. The summed E-state index contributed by atoms with van der Waals surface area (Å²) in [6.45, 7) is 5.70. The van der Waals surface area contributed by atoms with Gasteiger partial charge in [-0.2, -0.15) is 0 Å². The van der Waals surface area contributed by atoms with E-state index >= 15 is 0 Å². The lowest BCUT2D eigenvalue weighted by atomic mass is 10.0. The Kier molecular flexibility index (Phi) is 2.38. The largest absolute Gasteiger partial charge is 0.398 e. The summed E-state index contributed by atoms with van der Waals surface area (Å²) in [5, 5.41) is 9.34. The second kappa shape index (κ2) is 3.15. The Balaban J connectivity index is 3.27. The molecule has 0 aromatic heterocycles. The molecule has 0 spiro atoms. The molecule has 2 heteroatoms. The molecule has 0 radical (unpaired) electrons. The Morgan fingerprint density at radius 2 is 1.92 bits per heavy atom. The Bertz CT molecular complexity index is 292. The van der Waals surface area contributed by atoms with E-state index in [4.69, 9.17) is 5.73 Å². The quantitative estimate of drug-likeness (QED) is 0.625. The highest BCUT2D eigenvalue weighted by molar-refractivity contribution is 5.56. The van der Waals surface area contributed by atoms with E-state index in [-0.39, 0.29) is 0 Å². The van der Waals surface area contributed by atoms with E-state index < -0.39 is 6.10 Å².